The lowest BCUT2D eigenvalue weighted by Gasteiger charge is -2.31. The SMILES string of the molecule is COc1ccc(F)cc1S(=O)(=O)N1CCC[C@@H](C(=O)NCCSc2n[nH]c(C)n2)C1. The van der Waals surface area contributed by atoms with Crippen LogP contribution < -0.4 is 10.1 Å². The number of aromatic nitrogens is 3. The second-order valence-corrected chi connectivity index (χ2v) is 9.81. The van der Waals surface area contributed by atoms with Gasteiger partial charge in [0.05, 0.1) is 13.0 Å². The van der Waals surface area contributed by atoms with E-state index < -0.39 is 21.8 Å². The highest BCUT2D eigenvalue weighted by atomic mass is 32.2. The average Bonchev–Trinajstić information content (AvgIpc) is 3.16. The summed E-state index contributed by atoms with van der Waals surface area (Å²) in [6.07, 6.45) is 1.13. The molecule has 3 rings (SSSR count). The van der Waals surface area contributed by atoms with Crippen LogP contribution in [0.2, 0.25) is 0 Å². The molecule has 2 heterocycles. The molecule has 1 fully saturated rings. The molecular formula is C18H24FN5O4S2. The molecule has 30 heavy (non-hydrogen) atoms. The number of sulfonamides is 1. The van der Waals surface area contributed by atoms with Gasteiger partial charge in [0.1, 0.15) is 22.3 Å². The molecule has 1 aromatic carbocycles. The Hall–Kier alpha value is -2.18. The minimum Gasteiger partial charge on any atom is -0.495 e. The first-order valence-corrected chi connectivity index (χ1v) is 11.9. The summed E-state index contributed by atoms with van der Waals surface area (Å²) in [7, 11) is -2.66. The van der Waals surface area contributed by atoms with Gasteiger partial charge in [-0.25, -0.2) is 17.8 Å². The van der Waals surface area contributed by atoms with E-state index in [-0.39, 0.29) is 29.6 Å². The zero-order valence-electron chi connectivity index (χ0n) is 16.7. The molecule has 0 spiro atoms. The first kappa shape index (κ1) is 22.5. The highest BCUT2D eigenvalue weighted by Gasteiger charge is 2.35. The van der Waals surface area contributed by atoms with Crippen molar-refractivity contribution in [2.24, 2.45) is 5.92 Å². The van der Waals surface area contributed by atoms with E-state index in [9.17, 15) is 17.6 Å². The Morgan fingerprint density at radius 3 is 2.97 bits per heavy atom. The Labute approximate surface area is 178 Å². The van der Waals surface area contributed by atoms with Crippen molar-refractivity contribution in [3.8, 4) is 5.75 Å². The van der Waals surface area contributed by atoms with Crippen molar-refractivity contribution < 1.29 is 22.3 Å². The number of thioether (sulfide) groups is 1. The summed E-state index contributed by atoms with van der Waals surface area (Å²) in [6, 6.07) is 3.37. The van der Waals surface area contributed by atoms with Crippen molar-refractivity contribution in [1.82, 2.24) is 24.8 Å². The van der Waals surface area contributed by atoms with Gasteiger partial charge in [0.15, 0.2) is 0 Å². The molecule has 1 saturated heterocycles. The number of methoxy groups -OCH3 is 1. The highest BCUT2D eigenvalue weighted by Crippen LogP contribution is 2.30. The fraction of sp³-hybridized carbons (Fsp3) is 0.500. The predicted octanol–water partition coefficient (Wildman–Crippen LogP) is 1.57. The number of amides is 1. The molecule has 0 saturated carbocycles. The van der Waals surface area contributed by atoms with Gasteiger partial charge in [-0.2, -0.15) is 4.31 Å². The van der Waals surface area contributed by atoms with Crippen molar-refractivity contribution in [2.45, 2.75) is 29.8 Å². The van der Waals surface area contributed by atoms with Crippen molar-refractivity contribution in [2.75, 3.05) is 32.5 Å². The number of nitrogens with zero attached hydrogens (tertiary/aromatic N) is 3. The van der Waals surface area contributed by atoms with E-state index in [2.05, 4.69) is 20.5 Å². The number of H-pyrrole nitrogens is 1. The van der Waals surface area contributed by atoms with Crippen LogP contribution in [-0.2, 0) is 14.8 Å². The number of hydrogen-bond acceptors (Lipinski definition) is 7. The summed E-state index contributed by atoms with van der Waals surface area (Å²) >= 11 is 1.41. The van der Waals surface area contributed by atoms with Gasteiger partial charge in [0.2, 0.25) is 21.1 Å². The van der Waals surface area contributed by atoms with Gasteiger partial charge in [0, 0.05) is 25.4 Å². The van der Waals surface area contributed by atoms with Crippen LogP contribution in [-0.4, -0.2) is 66.3 Å². The Morgan fingerprint density at radius 1 is 1.47 bits per heavy atom. The Kier molecular flexibility index (Phi) is 7.32. The summed E-state index contributed by atoms with van der Waals surface area (Å²) < 4.78 is 46.0. The fourth-order valence-electron chi connectivity index (χ4n) is 3.21. The number of rotatable bonds is 8. The molecule has 0 unspecified atom stereocenters. The number of benzene rings is 1. The van der Waals surface area contributed by atoms with Crippen LogP contribution in [0.4, 0.5) is 4.39 Å². The van der Waals surface area contributed by atoms with Crippen LogP contribution in [0, 0.1) is 18.7 Å². The number of piperidine rings is 1. The van der Waals surface area contributed by atoms with Crippen molar-refractivity contribution in [3.63, 3.8) is 0 Å². The fourth-order valence-corrected chi connectivity index (χ4v) is 5.60. The Bertz CT molecular complexity index is 998. The maximum Gasteiger partial charge on any atom is 0.246 e. The maximum atomic E-state index is 13.7. The minimum atomic E-state index is -3.99. The topological polar surface area (TPSA) is 117 Å². The van der Waals surface area contributed by atoms with Crippen molar-refractivity contribution >= 4 is 27.7 Å². The van der Waals surface area contributed by atoms with Crippen LogP contribution in [0.15, 0.2) is 28.3 Å². The number of aryl methyl sites for hydroxylation is 1. The normalized spacial score (nSPS) is 17.6. The molecule has 2 N–H and O–H groups in total. The summed E-state index contributed by atoms with van der Waals surface area (Å²) in [5.74, 6) is 0.0526. The van der Waals surface area contributed by atoms with Crippen molar-refractivity contribution in [1.29, 1.82) is 0 Å². The molecule has 1 aliphatic rings. The predicted molar refractivity (Wildman–Crippen MR) is 109 cm³/mol. The zero-order valence-corrected chi connectivity index (χ0v) is 18.4. The lowest BCUT2D eigenvalue weighted by atomic mass is 9.99. The molecule has 1 amide bonds. The van der Waals surface area contributed by atoms with Gasteiger partial charge in [0.25, 0.3) is 0 Å². The molecule has 0 aliphatic carbocycles. The molecule has 1 atom stereocenters. The summed E-state index contributed by atoms with van der Waals surface area (Å²) in [5, 5.41) is 10.2. The maximum absolute atomic E-state index is 13.7. The Morgan fingerprint density at radius 2 is 2.27 bits per heavy atom. The molecule has 9 nitrogen and oxygen atoms in total. The smallest absolute Gasteiger partial charge is 0.246 e. The number of ether oxygens (including phenoxy) is 1. The molecule has 0 radical (unpaired) electrons. The highest BCUT2D eigenvalue weighted by molar-refractivity contribution is 7.99. The van der Waals surface area contributed by atoms with E-state index >= 15 is 0 Å². The van der Waals surface area contributed by atoms with Crippen LogP contribution in [0.1, 0.15) is 18.7 Å². The van der Waals surface area contributed by atoms with Gasteiger partial charge >= 0.3 is 0 Å². The average molecular weight is 458 g/mol. The molecular weight excluding hydrogens is 433 g/mol. The first-order chi connectivity index (χ1) is 14.3. The molecule has 12 heteroatoms. The number of aromatic amines is 1. The van der Waals surface area contributed by atoms with Crippen LogP contribution >= 0.6 is 11.8 Å². The number of nitrogens with one attached hydrogen (secondary N) is 2. The lowest BCUT2D eigenvalue weighted by molar-refractivity contribution is -0.125. The second-order valence-electron chi connectivity index (χ2n) is 6.84. The van der Waals surface area contributed by atoms with Gasteiger partial charge in [-0.3, -0.25) is 9.89 Å². The molecule has 1 aliphatic heterocycles. The van der Waals surface area contributed by atoms with E-state index in [1.807, 2.05) is 0 Å². The van der Waals surface area contributed by atoms with Gasteiger partial charge < -0.3 is 10.1 Å². The van der Waals surface area contributed by atoms with Gasteiger partial charge in [-0.15, -0.1) is 5.10 Å². The molecule has 164 valence electrons. The first-order valence-electron chi connectivity index (χ1n) is 9.44. The second kappa shape index (κ2) is 9.75. The number of carbonyl (C=O) groups is 1. The monoisotopic (exact) mass is 457 g/mol. The van der Waals surface area contributed by atoms with E-state index in [1.165, 1.54) is 29.2 Å². The molecule has 0 bridgehead atoms. The quantitative estimate of drug-likeness (QED) is 0.456. The third kappa shape index (κ3) is 5.29. The largest absolute Gasteiger partial charge is 0.495 e. The van der Waals surface area contributed by atoms with Gasteiger partial charge in [-0.05, 0) is 38.0 Å². The van der Waals surface area contributed by atoms with Crippen LogP contribution in [0.25, 0.3) is 0 Å². The number of halogens is 1. The number of hydrogen-bond donors (Lipinski definition) is 2. The van der Waals surface area contributed by atoms with E-state index in [1.54, 1.807) is 6.92 Å². The lowest BCUT2D eigenvalue weighted by Crippen LogP contribution is -2.45. The number of carbonyl (C=O) groups excluding carboxylic acids is 1. The molecule has 2 aromatic rings. The standard InChI is InChI=1S/C18H24FN5O4S2/c1-12-21-18(23-22-12)29-9-7-20-17(25)13-4-3-8-24(11-13)30(26,27)16-10-14(19)5-6-15(16)28-2/h5-6,10,13H,3-4,7-9,11H2,1-2H3,(H,20,25)(H,21,22,23)/t13-/m1/s1. The Balaban J connectivity index is 1.59. The minimum absolute atomic E-state index is 0.0428. The van der Waals surface area contributed by atoms with Crippen LogP contribution in [0.3, 0.4) is 0 Å². The van der Waals surface area contributed by atoms with Gasteiger partial charge in [-0.1, -0.05) is 11.8 Å². The summed E-state index contributed by atoms with van der Waals surface area (Å²) in [6.45, 7) is 2.53. The van der Waals surface area contributed by atoms with Crippen LogP contribution in [0.5, 0.6) is 5.75 Å². The summed E-state index contributed by atoms with van der Waals surface area (Å²) in [5.41, 5.74) is 0. The zero-order chi connectivity index (χ0) is 21.7. The van der Waals surface area contributed by atoms with E-state index in [4.69, 9.17) is 4.74 Å². The van der Waals surface area contributed by atoms with E-state index in [0.717, 1.165) is 18.0 Å². The third-order valence-electron chi connectivity index (χ3n) is 4.71. The summed E-state index contributed by atoms with van der Waals surface area (Å²) in [4.78, 5) is 16.5. The van der Waals surface area contributed by atoms with Crippen molar-refractivity contribution in [3.05, 3.63) is 29.8 Å². The molecule has 1 aromatic heterocycles. The third-order valence-corrected chi connectivity index (χ3v) is 7.44. The van der Waals surface area contributed by atoms with E-state index in [0.29, 0.717) is 30.3 Å².